The van der Waals surface area contributed by atoms with Gasteiger partial charge in [-0.2, -0.15) is 23.3 Å². The van der Waals surface area contributed by atoms with Crippen LogP contribution in [0.3, 0.4) is 0 Å². The summed E-state index contributed by atoms with van der Waals surface area (Å²) in [7, 11) is 1.54. The van der Waals surface area contributed by atoms with Gasteiger partial charge < -0.3 is 14.6 Å². The zero-order valence-corrected chi connectivity index (χ0v) is 14.8. The normalized spacial score (nSPS) is 11.7. The van der Waals surface area contributed by atoms with Crippen molar-refractivity contribution in [1.29, 1.82) is 0 Å². The molecule has 3 aromatic heterocycles. The van der Waals surface area contributed by atoms with Gasteiger partial charge in [-0.25, -0.2) is 0 Å². The number of alkyl halides is 3. The van der Waals surface area contributed by atoms with Crippen molar-refractivity contribution in [2.75, 3.05) is 20.3 Å². The molecule has 0 atom stereocenters. The predicted molar refractivity (Wildman–Crippen MR) is 88.2 cm³/mol. The van der Waals surface area contributed by atoms with Crippen molar-refractivity contribution in [3.8, 4) is 10.7 Å². The molecule has 144 valence electrons. The van der Waals surface area contributed by atoms with E-state index in [1.807, 2.05) is 0 Å². The Morgan fingerprint density at radius 1 is 1.41 bits per heavy atom. The van der Waals surface area contributed by atoms with E-state index in [9.17, 15) is 18.0 Å². The van der Waals surface area contributed by atoms with Crippen LogP contribution in [0.5, 0.6) is 0 Å². The number of ether oxygens (including phenoxy) is 1. The number of amides is 1. The number of carbonyl (C=O) groups is 1. The molecule has 0 radical (unpaired) electrons. The van der Waals surface area contributed by atoms with E-state index in [2.05, 4.69) is 25.1 Å². The maximum Gasteiger partial charge on any atom is 0.471 e. The van der Waals surface area contributed by atoms with Crippen LogP contribution in [0, 0.1) is 0 Å². The zero-order chi connectivity index (χ0) is 19.4. The molecule has 8 nitrogen and oxygen atoms in total. The fourth-order valence-corrected chi connectivity index (χ4v) is 3.04. The van der Waals surface area contributed by atoms with Crippen LogP contribution >= 0.6 is 11.3 Å². The minimum Gasteiger partial charge on any atom is -0.383 e. The van der Waals surface area contributed by atoms with Gasteiger partial charge >= 0.3 is 12.1 Å². The van der Waals surface area contributed by atoms with E-state index in [4.69, 9.17) is 4.74 Å². The minimum atomic E-state index is -4.68. The Morgan fingerprint density at radius 3 is 2.93 bits per heavy atom. The van der Waals surface area contributed by atoms with Gasteiger partial charge in [-0.3, -0.25) is 9.48 Å². The average molecular weight is 401 g/mol. The molecule has 27 heavy (non-hydrogen) atoms. The highest BCUT2D eigenvalue weighted by Gasteiger charge is 2.38. The first-order valence-electron chi connectivity index (χ1n) is 7.66. The largest absolute Gasteiger partial charge is 0.471 e. The summed E-state index contributed by atoms with van der Waals surface area (Å²) in [5, 5.41) is 10.2. The summed E-state index contributed by atoms with van der Waals surface area (Å²) in [5.74, 6) is -1.78. The molecule has 1 amide bonds. The van der Waals surface area contributed by atoms with E-state index in [1.165, 1.54) is 24.6 Å². The van der Waals surface area contributed by atoms with Crippen LogP contribution in [-0.4, -0.2) is 46.1 Å². The molecule has 0 fully saturated rings. The molecular formula is C15H14F3N5O3S. The van der Waals surface area contributed by atoms with Gasteiger partial charge in [-0.1, -0.05) is 5.16 Å². The van der Waals surface area contributed by atoms with Crippen molar-refractivity contribution in [1.82, 2.24) is 25.2 Å². The van der Waals surface area contributed by atoms with Gasteiger partial charge in [0, 0.05) is 24.7 Å². The third-order valence-corrected chi connectivity index (χ3v) is 4.42. The maximum absolute atomic E-state index is 12.5. The molecule has 0 unspecified atom stereocenters. The third kappa shape index (κ3) is 4.71. The molecule has 3 rings (SSSR count). The number of halogens is 3. The van der Waals surface area contributed by atoms with Crippen LogP contribution < -0.4 is 5.32 Å². The van der Waals surface area contributed by atoms with Gasteiger partial charge in [0.15, 0.2) is 0 Å². The standard InChI is InChI=1S/C15H14F3N5O3S/c1-25-5-4-19-13(24)9-6-20-23(7-9)8-10-2-3-11(27-10)12-21-14(26-22-12)15(16,17)18/h2-3,6-7H,4-5,8H2,1H3,(H,19,24). The number of rotatable bonds is 7. The molecule has 0 aromatic carbocycles. The van der Waals surface area contributed by atoms with Gasteiger partial charge in [0.05, 0.1) is 29.8 Å². The van der Waals surface area contributed by atoms with E-state index in [1.54, 1.807) is 23.0 Å². The molecule has 0 aliphatic rings. The van der Waals surface area contributed by atoms with Gasteiger partial charge in [-0.05, 0) is 12.1 Å². The molecule has 0 aliphatic heterocycles. The highest BCUT2D eigenvalue weighted by Crippen LogP contribution is 2.31. The second-order valence-electron chi connectivity index (χ2n) is 5.36. The van der Waals surface area contributed by atoms with Crippen LogP contribution in [0.2, 0.25) is 0 Å². The predicted octanol–water partition coefficient (Wildman–Crippen LogP) is 2.44. The van der Waals surface area contributed by atoms with Gasteiger partial charge in [0.2, 0.25) is 5.82 Å². The number of nitrogens with one attached hydrogen (secondary N) is 1. The van der Waals surface area contributed by atoms with Crippen LogP contribution in [0.25, 0.3) is 10.7 Å². The van der Waals surface area contributed by atoms with E-state index >= 15 is 0 Å². The van der Waals surface area contributed by atoms with Crippen LogP contribution in [0.15, 0.2) is 29.0 Å². The summed E-state index contributed by atoms with van der Waals surface area (Å²) in [4.78, 5) is 16.5. The lowest BCUT2D eigenvalue weighted by Crippen LogP contribution is -2.26. The van der Waals surface area contributed by atoms with E-state index in [0.717, 1.165) is 4.88 Å². The van der Waals surface area contributed by atoms with Crippen molar-refractivity contribution in [2.45, 2.75) is 12.7 Å². The highest BCUT2D eigenvalue weighted by atomic mass is 32.1. The van der Waals surface area contributed by atoms with Crippen molar-refractivity contribution in [2.24, 2.45) is 0 Å². The molecule has 1 N–H and O–H groups in total. The Kier molecular flexibility index (Phi) is 5.56. The van der Waals surface area contributed by atoms with Crippen molar-refractivity contribution in [3.05, 3.63) is 40.9 Å². The minimum absolute atomic E-state index is 0.128. The molecule has 0 bridgehead atoms. The Morgan fingerprint density at radius 2 is 2.22 bits per heavy atom. The van der Waals surface area contributed by atoms with Crippen LogP contribution in [0.1, 0.15) is 21.1 Å². The summed E-state index contributed by atoms with van der Waals surface area (Å²) in [6, 6.07) is 3.33. The molecule has 0 saturated heterocycles. The Labute approximate surface area is 154 Å². The second-order valence-corrected chi connectivity index (χ2v) is 6.53. The second kappa shape index (κ2) is 7.88. The summed E-state index contributed by atoms with van der Waals surface area (Å²) in [5.41, 5.74) is 0.399. The summed E-state index contributed by atoms with van der Waals surface area (Å²) >= 11 is 1.21. The molecule has 0 saturated carbocycles. The van der Waals surface area contributed by atoms with E-state index < -0.39 is 12.1 Å². The topological polar surface area (TPSA) is 95.1 Å². The summed E-state index contributed by atoms with van der Waals surface area (Å²) in [6.45, 7) is 1.14. The Balaban J connectivity index is 1.64. The van der Waals surface area contributed by atoms with Crippen molar-refractivity contribution in [3.63, 3.8) is 0 Å². The highest BCUT2D eigenvalue weighted by molar-refractivity contribution is 7.15. The van der Waals surface area contributed by atoms with Crippen molar-refractivity contribution >= 4 is 17.2 Å². The number of aromatic nitrogens is 4. The molecule has 3 aromatic rings. The average Bonchev–Trinajstić information content (AvgIpc) is 3.35. The quantitative estimate of drug-likeness (QED) is 0.611. The zero-order valence-electron chi connectivity index (χ0n) is 14.0. The molecule has 0 spiro atoms. The third-order valence-electron chi connectivity index (χ3n) is 3.36. The number of nitrogens with zero attached hydrogens (tertiary/aromatic N) is 4. The monoisotopic (exact) mass is 401 g/mol. The Bertz CT molecular complexity index is 918. The molecule has 3 heterocycles. The SMILES string of the molecule is COCCNC(=O)c1cnn(Cc2ccc(-c3noc(C(F)(F)F)n3)s2)c1. The Hall–Kier alpha value is -2.73. The molecular weight excluding hydrogens is 387 g/mol. The molecule has 12 heteroatoms. The van der Waals surface area contributed by atoms with Crippen LogP contribution in [0.4, 0.5) is 13.2 Å². The number of hydrogen-bond donors (Lipinski definition) is 1. The van der Waals surface area contributed by atoms with Gasteiger partial charge in [-0.15, -0.1) is 11.3 Å². The van der Waals surface area contributed by atoms with Gasteiger partial charge in [0.25, 0.3) is 5.91 Å². The fourth-order valence-electron chi connectivity index (χ4n) is 2.12. The van der Waals surface area contributed by atoms with E-state index in [-0.39, 0.29) is 11.7 Å². The first kappa shape index (κ1) is 19.0. The summed E-state index contributed by atoms with van der Waals surface area (Å²) < 4.78 is 48.2. The molecule has 0 aliphatic carbocycles. The lowest BCUT2D eigenvalue weighted by molar-refractivity contribution is -0.159. The number of thiophene rings is 1. The van der Waals surface area contributed by atoms with Crippen LogP contribution in [-0.2, 0) is 17.5 Å². The maximum atomic E-state index is 12.5. The number of carbonyl (C=O) groups excluding carboxylic acids is 1. The smallest absolute Gasteiger partial charge is 0.383 e. The number of methoxy groups -OCH3 is 1. The lowest BCUT2D eigenvalue weighted by atomic mass is 10.3. The fraction of sp³-hybridized carbons (Fsp3) is 0.333. The summed E-state index contributed by atoms with van der Waals surface area (Å²) in [6.07, 6.45) is -1.66. The lowest BCUT2D eigenvalue weighted by Gasteiger charge is -2.01. The first-order chi connectivity index (χ1) is 12.9. The van der Waals surface area contributed by atoms with E-state index in [0.29, 0.717) is 30.1 Å². The first-order valence-corrected chi connectivity index (χ1v) is 8.48. The van der Waals surface area contributed by atoms with Gasteiger partial charge in [0.1, 0.15) is 0 Å². The van der Waals surface area contributed by atoms with Crippen molar-refractivity contribution < 1.29 is 27.2 Å². The number of hydrogen-bond acceptors (Lipinski definition) is 7.